The molecule has 0 atom stereocenters. The Kier molecular flexibility index (Phi) is 6.77. The first-order valence-corrected chi connectivity index (χ1v) is 7.96. The van der Waals surface area contributed by atoms with Gasteiger partial charge in [-0.3, -0.25) is 0 Å². The van der Waals surface area contributed by atoms with E-state index in [1.807, 2.05) is 31.2 Å². The second-order valence-electron chi connectivity index (χ2n) is 5.33. The van der Waals surface area contributed by atoms with E-state index >= 15 is 0 Å². The molecule has 2 rings (SSSR count). The van der Waals surface area contributed by atoms with Crippen LogP contribution in [0.1, 0.15) is 45.0 Å². The molecular formula is C18H26O3. The molecule has 3 nitrogen and oxygen atoms in total. The molecule has 1 heterocycles. The van der Waals surface area contributed by atoms with Crippen LogP contribution in [0.3, 0.4) is 0 Å². The van der Waals surface area contributed by atoms with Gasteiger partial charge in [-0.25, -0.2) is 0 Å². The van der Waals surface area contributed by atoms with Crippen molar-refractivity contribution in [2.75, 3.05) is 19.8 Å². The van der Waals surface area contributed by atoms with Gasteiger partial charge in [0.05, 0.1) is 19.8 Å². The molecule has 0 aliphatic carbocycles. The van der Waals surface area contributed by atoms with Crippen LogP contribution >= 0.6 is 0 Å². The lowest BCUT2D eigenvalue weighted by molar-refractivity contribution is -0.197. The highest BCUT2D eigenvalue weighted by Gasteiger charge is 2.21. The second-order valence-corrected chi connectivity index (χ2v) is 5.33. The third kappa shape index (κ3) is 5.18. The Morgan fingerprint density at radius 3 is 2.48 bits per heavy atom. The first-order chi connectivity index (χ1) is 10.3. The molecule has 1 aliphatic heterocycles. The molecule has 0 radical (unpaired) electrons. The molecule has 0 unspecified atom stereocenters. The molecule has 0 saturated carbocycles. The van der Waals surface area contributed by atoms with Crippen LogP contribution in [0.25, 0.3) is 0 Å². The van der Waals surface area contributed by atoms with Crippen molar-refractivity contribution in [2.45, 2.75) is 39.4 Å². The van der Waals surface area contributed by atoms with E-state index in [9.17, 15) is 0 Å². The summed E-state index contributed by atoms with van der Waals surface area (Å²) < 4.78 is 17.1. The fourth-order valence-corrected chi connectivity index (χ4v) is 2.32. The Balaban J connectivity index is 1.79. The van der Waals surface area contributed by atoms with Gasteiger partial charge in [0.2, 0.25) is 0 Å². The predicted molar refractivity (Wildman–Crippen MR) is 84.4 cm³/mol. The van der Waals surface area contributed by atoms with Gasteiger partial charge >= 0.3 is 0 Å². The maximum atomic E-state index is 5.82. The summed E-state index contributed by atoms with van der Waals surface area (Å²) in [7, 11) is 0. The van der Waals surface area contributed by atoms with Gasteiger partial charge < -0.3 is 14.2 Å². The standard InChI is InChI=1S/C18H26O3/c1-3-5-6-7-8-15-13-20-18(21-14-15)16-9-11-17(12-10-16)19-4-2/h7-12,15,18H,3-6,13-14H2,1-2H3/t15-,18-. The molecule has 1 saturated heterocycles. The van der Waals surface area contributed by atoms with Gasteiger partial charge in [-0.2, -0.15) is 0 Å². The molecule has 21 heavy (non-hydrogen) atoms. The molecule has 116 valence electrons. The molecule has 1 aromatic rings. The van der Waals surface area contributed by atoms with E-state index in [-0.39, 0.29) is 6.29 Å². The van der Waals surface area contributed by atoms with E-state index < -0.39 is 0 Å². The van der Waals surface area contributed by atoms with Crippen molar-refractivity contribution in [1.82, 2.24) is 0 Å². The molecule has 0 aromatic heterocycles. The summed E-state index contributed by atoms with van der Waals surface area (Å²) in [4.78, 5) is 0. The van der Waals surface area contributed by atoms with E-state index in [4.69, 9.17) is 14.2 Å². The quantitative estimate of drug-likeness (QED) is 0.547. The summed E-state index contributed by atoms with van der Waals surface area (Å²) in [5, 5.41) is 0. The smallest absolute Gasteiger partial charge is 0.183 e. The van der Waals surface area contributed by atoms with Crippen molar-refractivity contribution in [3.63, 3.8) is 0 Å². The number of benzene rings is 1. The van der Waals surface area contributed by atoms with Crippen LogP contribution in [0, 0.1) is 5.92 Å². The van der Waals surface area contributed by atoms with Crippen LogP contribution in [0.4, 0.5) is 0 Å². The normalized spacial score (nSPS) is 22.6. The maximum Gasteiger partial charge on any atom is 0.183 e. The average Bonchev–Trinajstić information content (AvgIpc) is 2.53. The molecular weight excluding hydrogens is 264 g/mol. The molecule has 0 amide bonds. The summed E-state index contributed by atoms with van der Waals surface area (Å²) >= 11 is 0. The van der Waals surface area contributed by atoms with Gasteiger partial charge in [-0.15, -0.1) is 0 Å². The molecule has 0 spiro atoms. The van der Waals surface area contributed by atoms with Crippen molar-refractivity contribution in [3.05, 3.63) is 42.0 Å². The SMILES string of the molecule is CCCCC=C[C@H]1CO[C@H](c2ccc(OCC)cc2)OC1. The first kappa shape index (κ1) is 16.1. The number of rotatable bonds is 7. The highest BCUT2D eigenvalue weighted by atomic mass is 16.7. The summed E-state index contributed by atoms with van der Waals surface area (Å²) in [6.45, 7) is 6.32. The number of allylic oxidation sites excluding steroid dienone is 1. The van der Waals surface area contributed by atoms with Crippen LogP contribution in [0.15, 0.2) is 36.4 Å². The molecule has 3 heteroatoms. The minimum Gasteiger partial charge on any atom is -0.494 e. The molecule has 1 aromatic carbocycles. The van der Waals surface area contributed by atoms with Gasteiger partial charge in [0.25, 0.3) is 0 Å². The Morgan fingerprint density at radius 2 is 1.86 bits per heavy atom. The third-order valence-corrected chi connectivity index (χ3v) is 3.52. The zero-order valence-corrected chi connectivity index (χ0v) is 13.1. The summed E-state index contributed by atoms with van der Waals surface area (Å²) in [6.07, 6.45) is 7.86. The third-order valence-electron chi connectivity index (χ3n) is 3.52. The lowest BCUT2D eigenvalue weighted by Crippen LogP contribution is -2.25. The largest absolute Gasteiger partial charge is 0.494 e. The van der Waals surface area contributed by atoms with Crippen molar-refractivity contribution in [2.24, 2.45) is 5.92 Å². The lowest BCUT2D eigenvalue weighted by Gasteiger charge is -2.28. The highest BCUT2D eigenvalue weighted by Crippen LogP contribution is 2.27. The van der Waals surface area contributed by atoms with Crippen LogP contribution in [-0.2, 0) is 9.47 Å². The van der Waals surface area contributed by atoms with Crippen molar-refractivity contribution < 1.29 is 14.2 Å². The minimum absolute atomic E-state index is 0.249. The van der Waals surface area contributed by atoms with Crippen LogP contribution in [0.2, 0.25) is 0 Å². The van der Waals surface area contributed by atoms with E-state index in [1.54, 1.807) is 0 Å². The second kappa shape index (κ2) is 8.85. The van der Waals surface area contributed by atoms with Gasteiger partial charge in [-0.05, 0) is 25.5 Å². The summed E-state index contributed by atoms with van der Waals surface area (Å²) in [5.74, 6) is 1.26. The van der Waals surface area contributed by atoms with E-state index in [1.165, 1.54) is 12.8 Å². The summed E-state index contributed by atoms with van der Waals surface area (Å²) in [6, 6.07) is 7.94. The first-order valence-electron chi connectivity index (χ1n) is 7.96. The minimum atomic E-state index is -0.249. The Labute approximate surface area is 127 Å². The van der Waals surface area contributed by atoms with E-state index in [0.717, 1.165) is 30.9 Å². The van der Waals surface area contributed by atoms with Crippen LogP contribution < -0.4 is 4.74 Å². The maximum absolute atomic E-state index is 5.82. The monoisotopic (exact) mass is 290 g/mol. The van der Waals surface area contributed by atoms with Gasteiger partial charge in [0, 0.05) is 11.5 Å². The summed E-state index contributed by atoms with van der Waals surface area (Å²) in [5.41, 5.74) is 1.05. The zero-order chi connectivity index (χ0) is 14.9. The van der Waals surface area contributed by atoms with Crippen molar-refractivity contribution >= 4 is 0 Å². The number of ether oxygens (including phenoxy) is 3. The van der Waals surface area contributed by atoms with Gasteiger partial charge in [0.1, 0.15) is 5.75 Å². The molecule has 1 fully saturated rings. The van der Waals surface area contributed by atoms with E-state index in [0.29, 0.717) is 12.5 Å². The Bertz CT molecular complexity index is 417. The topological polar surface area (TPSA) is 27.7 Å². The van der Waals surface area contributed by atoms with Crippen LogP contribution in [-0.4, -0.2) is 19.8 Å². The van der Waals surface area contributed by atoms with Gasteiger partial charge in [0.15, 0.2) is 6.29 Å². The van der Waals surface area contributed by atoms with E-state index in [2.05, 4.69) is 19.1 Å². The average molecular weight is 290 g/mol. The molecule has 0 bridgehead atoms. The lowest BCUT2D eigenvalue weighted by atomic mass is 10.1. The fraction of sp³-hybridized carbons (Fsp3) is 0.556. The number of unbranched alkanes of at least 4 members (excludes halogenated alkanes) is 2. The number of hydrogen-bond acceptors (Lipinski definition) is 3. The highest BCUT2D eigenvalue weighted by molar-refractivity contribution is 5.28. The zero-order valence-electron chi connectivity index (χ0n) is 13.1. The molecule has 0 N–H and O–H groups in total. The van der Waals surface area contributed by atoms with Crippen molar-refractivity contribution in [1.29, 1.82) is 0 Å². The molecule has 1 aliphatic rings. The Morgan fingerprint density at radius 1 is 1.14 bits per heavy atom. The van der Waals surface area contributed by atoms with Gasteiger partial charge in [-0.1, -0.05) is 44.1 Å². The number of hydrogen-bond donors (Lipinski definition) is 0. The van der Waals surface area contributed by atoms with Crippen LogP contribution in [0.5, 0.6) is 5.75 Å². The predicted octanol–water partition coefficient (Wildman–Crippen LogP) is 4.49. The van der Waals surface area contributed by atoms with Crippen molar-refractivity contribution in [3.8, 4) is 5.75 Å². The Hall–Kier alpha value is -1.32. The fourth-order valence-electron chi connectivity index (χ4n) is 2.32.